The van der Waals surface area contributed by atoms with Gasteiger partial charge in [-0.05, 0) is 59.6 Å². The smallest absolute Gasteiger partial charge is 0.327 e. The highest BCUT2D eigenvalue weighted by Crippen LogP contribution is 2.27. The van der Waals surface area contributed by atoms with Gasteiger partial charge in [-0.1, -0.05) is 48.2 Å². The van der Waals surface area contributed by atoms with Crippen molar-refractivity contribution in [2.75, 3.05) is 13.1 Å². The molecule has 0 radical (unpaired) electrons. The van der Waals surface area contributed by atoms with Gasteiger partial charge in [0.05, 0.1) is 0 Å². The predicted molar refractivity (Wildman–Crippen MR) is 115 cm³/mol. The standard InChI is InChI=1S/C16H22INO.C3H4O2.CH2O2/c1-2-9-18(10-3-8-17)15-6-4-13-5-7-16(19)12-14(13)11-15;1-2-3(4)5;2-1-3/h3,5,7-8,12,15,19H,2,4,6,9-11H2,1H3;2H,1H2,(H,4,5);1H,(H,2,3)/b8-3+;;. The highest BCUT2D eigenvalue weighted by molar-refractivity contribution is 14.1. The molecular formula is C20H28INO5. The number of halogens is 1. The third-order valence-corrected chi connectivity index (χ3v) is 4.53. The predicted octanol–water partition coefficient (Wildman–Crippen LogP) is 3.87. The Kier molecular flexibility index (Phi) is 14.2. The molecule has 27 heavy (non-hydrogen) atoms. The fraction of sp³-hybridized carbons (Fsp3) is 0.400. The van der Waals surface area contributed by atoms with Gasteiger partial charge in [-0.15, -0.1) is 0 Å². The van der Waals surface area contributed by atoms with Gasteiger partial charge in [0.25, 0.3) is 6.47 Å². The number of carboxylic acids is 1. The van der Waals surface area contributed by atoms with E-state index in [0.717, 1.165) is 32.0 Å². The summed E-state index contributed by atoms with van der Waals surface area (Å²) in [6.45, 7) is 7.14. The van der Waals surface area contributed by atoms with Crippen LogP contribution < -0.4 is 0 Å². The van der Waals surface area contributed by atoms with E-state index in [2.05, 4.69) is 57.2 Å². The van der Waals surface area contributed by atoms with E-state index in [1.165, 1.54) is 24.0 Å². The van der Waals surface area contributed by atoms with Crippen molar-refractivity contribution in [3.63, 3.8) is 0 Å². The van der Waals surface area contributed by atoms with Gasteiger partial charge in [0, 0.05) is 18.7 Å². The SMILES string of the molecule is C=CC(=O)O.CCCN(C/C=C/I)C1CCc2ccc(O)cc2C1.O=CO. The van der Waals surface area contributed by atoms with Gasteiger partial charge in [0.15, 0.2) is 0 Å². The number of hydrogen-bond acceptors (Lipinski definition) is 4. The topological polar surface area (TPSA) is 98.1 Å². The fourth-order valence-electron chi connectivity index (χ4n) is 2.92. The van der Waals surface area contributed by atoms with Crippen LogP contribution in [0.1, 0.15) is 30.9 Å². The second-order valence-electron chi connectivity index (χ2n) is 5.85. The van der Waals surface area contributed by atoms with Crippen LogP contribution in [0.4, 0.5) is 0 Å². The maximum atomic E-state index is 9.63. The Morgan fingerprint density at radius 1 is 1.41 bits per heavy atom. The lowest BCUT2D eigenvalue weighted by Gasteiger charge is -2.34. The van der Waals surface area contributed by atoms with Gasteiger partial charge >= 0.3 is 5.97 Å². The van der Waals surface area contributed by atoms with E-state index < -0.39 is 5.97 Å². The van der Waals surface area contributed by atoms with Crippen LogP contribution in [-0.2, 0) is 22.4 Å². The van der Waals surface area contributed by atoms with Crippen LogP contribution in [0.3, 0.4) is 0 Å². The third-order valence-electron chi connectivity index (χ3n) is 4.02. The number of aliphatic carboxylic acids is 1. The number of aryl methyl sites for hydroxylation is 1. The molecule has 0 bridgehead atoms. The van der Waals surface area contributed by atoms with E-state index in [1.54, 1.807) is 0 Å². The maximum Gasteiger partial charge on any atom is 0.327 e. The number of nitrogens with zero attached hydrogens (tertiary/aromatic N) is 1. The molecule has 0 spiro atoms. The van der Waals surface area contributed by atoms with E-state index in [4.69, 9.17) is 15.0 Å². The summed E-state index contributed by atoms with van der Waals surface area (Å²) in [4.78, 5) is 20.2. The van der Waals surface area contributed by atoms with Crippen LogP contribution in [0.25, 0.3) is 0 Å². The molecule has 3 N–H and O–H groups in total. The highest BCUT2D eigenvalue weighted by atomic mass is 127. The van der Waals surface area contributed by atoms with Crippen molar-refractivity contribution in [2.45, 2.75) is 38.6 Å². The number of fused-ring (bicyclic) bond motifs is 1. The normalized spacial score (nSPS) is 15.0. The summed E-state index contributed by atoms with van der Waals surface area (Å²) in [7, 11) is 0. The highest BCUT2D eigenvalue weighted by Gasteiger charge is 2.23. The first-order valence-electron chi connectivity index (χ1n) is 8.66. The lowest BCUT2D eigenvalue weighted by atomic mass is 9.87. The number of carbonyl (C=O) groups is 2. The van der Waals surface area contributed by atoms with E-state index in [9.17, 15) is 9.90 Å². The van der Waals surface area contributed by atoms with Gasteiger partial charge in [-0.3, -0.25) is 9.69 Å². The molecule has 0 amide bonds. The van der Waals surface area contributed by atoms with E-state index in [1.807, 2.05) is 12.1 Å². The number of carboxylic acid groups (broad SMARTS) is 2. The second-order valence-corrected chi connectivity index (χ2v) is 6.57. The first-order valence-corrected chi connectivity index (χ1v) is 9.91. The Morgan fingerprint density at radius 2 is 2.04 bits per heavy atom. The Labute approximate surface area is 174 Å². The molecule has 2 rings (SSSR count). The largest absolute Gasteiger partial charge is 0.508 e. The molecule has 6 nitrogen and oxygen atoms in total. The summed E-state index contributed by atoms with van der Waals surface area (Å²) in [6.07, 6.45) is 7.69. The number of hydrogen-bond donors (Lipinski definition) is 3. The Morgan fingerprint density at radius 3 is 2.56 bits per heavy atom. The molecule has 1 aromatic rings. The molecule has 1 aliphatic rings. The molecular weight excluding hydrogens is 461 g/mol. The summed E-state index contributed by atoms with van der Waals surface area (Å²) >= 11 is 2.28. The Bertz CT molecular complexity index is 618. The lowest BCUT2D eigenvalue weighted by molar-refractivity contribution is -0.131. The molecule has 0 fully saturated rings. The van der Waals surface area contributed by atoms with Crippen molar-refractivity contribution < 1.29 is 24.9 Å². The minimum absolute atomic E-state index is 0.250. The molecule has 0 saturated heterocycles. The molecule has 1 atom stereocenters. The lowest BCUT2D eigenvalue weighted by Crippen LogP contribution is -2.39. The second kappa shape index (κ2) is 15.2. The molecule has 1 aliphatic carbocycles. The summed E-state index contributed by atoms with van der Waals surface area (Å²) in [5, 5.41) is 24.1. The van der Waals surface area contributed by atoms with Gasteiger partial charge in [-0.25, -0.2) is 4.79 Å². The van der Waals surface area contributed by atoms with Crippen molar-refractivity contribution in [3.8, 4) is 5.75 Å². The average molecular weight is 489 g/mol. The van der Waals surface area contributed by atoms with Crippen LogP contribution in [-0.4, -0.2) is 51.8 Å². The van der Waals surface area contributed by atoms with Gasteiger partial charge in [0.1, 0.15) is 5.75 Å². The summed E-state index contributed by atoms with van der Waals surface area (Å²) in [6, 6.07) is 6.44. The van der Waals surface area contributed by atoms with E-state index >= 15 is 0 Å². The van der Waals surface area contributed by atoms with Gasteiger partial charge < -0.3 is 15.3 Å². The van der Waals surface area contributed by atoms with E-state index in [0.29, 0.717) is 11.8 Å². The van der Waals surface area contributed by atoms with Crippen molar-refractivity contribution in [1.82, 2.24) is 4.90 Å². The number of benzene rings is 1. The van der Waals surface area contributed by atoms with Gasteiger partial charge in [0.2, 0.25) is 0 Å². The molecule has 0 saturated carbocycles. The summed E-state index contributed by atoms with van der Waals surface area (Å²) in [5.41, 5.74) is 2.74. The minimum atomic E-state index is -0.981. The van der Waals surface area contributed by atoms with Crippen molar-refractivity contribution in [1.29, 1.82) is 0 Å². The van der Waals surface area contributed by atoms with Crippen LogP contribution >= 0.6 is 22.6 Å². The fourth-order valence-corrected chi connectivity index (χ4v) is 3.15. The summed E-state index contributed by atoms with van der Waals surface area (Å²) in [5.74, 6) is -0.585. The number of phenolic OH excluding ortho intramolecular Hbond substituents is 1. The van der Waals surface area contributed by atoms with Crippen molar-refractivity contribution in [3.05, 3.63) is 52.1 Å². The van der Waals surface area contributed by atoms with Crippen LogP contribution in [0.15, 0.2) is 41.0 Å². The third kappa shape index (κ3) is 10.8. The van der Waals surface area contributed by atoms with Crippen molar-refractivity contribution >= 4 is 35.0 Å². The zero-order valence-electron chi connectivity index (χ0n) is 15.6. The quantitative estimate of drug-likeness (QED) is 0.319. The summed E-state index contributed by atoms with van der Waals surface area (Å²) < 4.78 is 2.10. The molecule has 0 aromatic heterocycles. The van der Waals surface area contributed by atoms with E-state index in [-0.39, 0.29) is 6.47 Å². The Balaban J connectivity index is 0.000000719. The molecule has 0 aliphatic heterocycles. The molecule has 1 aromatic carbocycles. The number of phenols is 1. The van der Waals surface area contributed by atoms with Crippen LogP contribution in [0.2, 0.25) is 0 Å². The zero-order valence-corrected chi connectivity index (χ0v) is 17.7. The molecule has 150 valence electrons. The molecule has 7 heteroatoms. The monoisotopic (exact) mass is 489 g/mol. The van der Waals surface area contributed by atoms with Crippen molar-refractivity contribution in [2.24, 2.45) is 0 Å². The Hall–Kier alpha value is -1.87. The van der Waals surface area contributed by atoms with Crippen LogP contribution in [0, 0.1) is 0 Å². The molecule has 0 heterocycles. The average Bonchev–Trinajstić information content (AvgIpc) is 2.65. The van der Waals surface area contributed by atoms with Crippen LogP contribution in [0.5, 0.6) is 5.75 Å². The first kappa shape index (κ1) is 25.1. The zero-order chi connectivity index (χ0) is 20.7. The minimum Gasteiger partial charge on any atom is -0.508 e. The molecule has 1 unspecified atom stereocenters. The number of aromatic hydroxyl groups is 1. The number of rotatable bonds is 6. The van der Waals surface area contributed by atoms with Gasteiger partial charge in [-0.2, -0.15) is 0 Å². The maximum absolute atomic E-state index is 9.63. The first-order chi connectivity index (χ1) is 12.9.